The number of nitrogens with one attached hydrogen (secondary N) is 1. The van der Waals surface area contributed by atoms with E-state index in [1.165, 1.54) is 0 Å². The average molecular weight is 284 g/mol. The van der Waals surface area contributed by atoms with Gasteiger partial charge in [-0.25, -0.2) is 4.98 Å². The van der Waals surface area contributed by atoms with E-state index >= 15 is 0 Å². The molecule has 5 nitrogen and oxygen atoms in total. The smallest absolute Gasteiger partial charge is 0.232 e. The quantitative estimate of drug-likeness (QED) is 0.839. The molecule has 1 aliphatic carbocycles. The maximum atomic E-state index is 11.4. The molecular formula is C13H18ClN3O2. The van der Waals surface area contributed by atoms with E-state index in [-0.39, 0.29) is 18.1 Å². The molecule has 1 aromatic rings. The maximum absolute atomic E-state index is 11.4. The molecule has 104 valence electrons. The standard InChI is InChI=1S/C13H18ClN3O2/c14-6-5-12(18)17-10-1-3-11(4-2-10)19-13-9-15-7-8-16-13/h7-11H,1-6H2,(H,17,18). The largest absolute Gasteiger partial charge is 0.473 e. The number of hydrogen-bond donors (Lipinski definition) is 1. The minimum Gasteiger partial charge on any atom is -0.473 e. The van der Waals surface area contributed by atoms with E-state index in [2.05, 4.69) is 15.3 Å². The Bertz CT molecular complexity index is 394. The van der Waals surface area contributed by atoms with Crippen molar-refractivity contribution in [2.75, 3.05) is 5.88 Å². The summed E-state index contributed by atoms with van der Waals surface area (Å²) in [7, 11) is 0. The summed E-state index contributed by atoms with van der Waals surface area (Å²) in [6, 6.07) is 0.248. The first-order valence-electron chi connectivity index (χ1n) is 6.56. The molecule has 0 spiro atoms. The minimum atomic E-state index is 0.0355. The van der Waals surface area contributed by atoms with Crippen molar-refractivity contribution in [1.82, 2.24) is 15.3 Å². The Kier molecular flexibility index (Phi) is 5.39. The fourth-order valence-electron chi connectivity index (χ4n) is 2.23. The van der Waals surface area contributed by atoms with Crippen LogP contribution in [0.3, 0.4) is 0 Å². The molecule has 1 aliphatic rings. The molecule has 1 fully saturated rings. The third-order valence-corrected chi connectivity index (χ3v) is 3.38. The van der Waals surface area contributed by atoms with Crippen LogP contribution in [0.2, 0.25) is 0 Å². The van der Waals surface area contributed by atoms with Gasteiger partial charge in [0.05, 0.1) is 6.20 Å². The van der Waals surface area contributed by atoms with Crippen LogP contribution in [0.1, 0.15) is 32.1 Å². The number of ether oxygens (including phenoxy) is 1. The van der Waals surface area contributed by atoms with Gasteiger partial charge >= 0.3 is 0 Å². The van der Waals surface area contributed by atoms with Crippen LogP contribution in [0.5, 0.6) is 5.88 Å². The summed E-state index contributed by atoms with van der Waals surface area (Å²) < 4.78 is 5.75. The van der Waals surface area contributed by atoms with Crippen molar-refractivity contribution in [2.45, 2.75) is 44.2 Å². The lowest BCUT2D eigenvalue weighted by Crippen LogP contribution is -2.39. The summed E-state index contributed by atoms with van der Waals surface area (Å²) in [5.74, 6) is 0.974. The molecule has 1 heterocycles. The number of carbonyl (C=O) groups is 1. The van der Waals surface area contributed by atoms with Gasteiger partial charge in [-0.3, -0.25) is 9.78 Å². The molecule has 1 aromatic heterocycles. The molecule has 0 atom stereocenters. The zero-order valence-corrected chi connectivity index (χ0v) is 11.5. The Morgan fingerprint density at radius 3 is 2.79 bits per heavy atom. The number of carbonyl (C=O) groups excluding carboxylic acids is 1. The lowest BCUT2D eigenvalue weighted by molar-refractivity contribution is -0.121. The van der Waals surface area contributed by atoms with Gasteiger partial charge in [-0.05, 0) is 25.7 Å². The van der Waals surface area contributed by atoms with Gasteiger partial charge in [-0.15, -0.1) is 11.6 Å². The SMILES string of the molecule is O=C(CCCl)NC1CCC(Oc2cnccn2)CC1. The van der Waals surface area contributed by atoms with E-state index in [9.17, 15) is 4.79 Å². The number of halogens is 1. The van der Waals surface area contributed by atoms with E-state index in [4.69, 9.17) is 16.3 Å². The zero-order chi connectivity index (χ0) is 13.5. The van der Waals surface area contributed by atoms with Gasteiger partial charge in [0.2, 0.25) is 11.8 Å². The molecule has 0 aromatic carbocycles. The van der Waals surface area contributed by atoms with Crippen LogP contribution < -0.4 is 10.1 Å². The normalized spacial score (nSPS) is 22.8. The number of aromatic nitrogens is 2. The predicted molar refractivity (Wildman–Crippen MR) is 72.2 cm³/mol. The Morgan fingerprint density at radius 1 is 1.37 bits per heavy atom. The van der Waals surface area contributed by atoms with Crippen LogP contribution in [-0.2, 0) is 4.79 Å². The van der Waals surface area contributed by atoms with E-state index in [0.717, 1.165) is 25.7 Å². The summed E-state index contributed by atoms with van der Waals surface area (Å²) >= 11 is 5.53. The van der Waals surface area contributed by atoms with Crippen LogP contribution >= 0.6 is 11.6 Å². The Balaban J connectivity index is 1.72. The number of alkyl halides is 1. The third kappa shape index (κ3) is 4.67. The molecular weight excluding hydrogens is 266 g/mol. The van der Waals surface area contributed by atoms with Crippen molar-refractivity contribution in [3.05, 3.63) is 18.6 Å². The number of hydrogen-bond acceptors (Lipinski definition) is 4. The van der Waals surface area contributed by atoms with Gasteiger partial charge in [0, 0.05) is 30.7 Å². The van der Waals surface area contributed by atoms with Crippen LogP contribution in [0.25, 0.3) is 0 Å². The maximum Gasteiger partial charge on any atom is 0.232 e. The molecule has 0 bridgehead atoms. The fourth-order valence-corrected chi connectivity index (χ4v) is 2.40. The number of amides is 1. The number of rotatable bonds is 5. The summed E-state index contributed by atoms with van der Waals surface area (Å²) in [4.78, 5) is 19.5. The average Bonchev–Trinajstić information content (AvgIpc) is 2.42. The van der Waals surface area contributed by atoms with Crippen LogP contribution in [0.15, 0.2) is 18.6 Å². The van der Waals surface area contributed by atoms with Crippen molar-refractivity contribution < 1.29 is 9.53 Å². The highest BCUT2D eigenvalue weighted by Crippen LogP contribution is 2.22. The second kappa shape index (κ2) is 7.28. The van der Waals surface area contributed by atoms with Gasteiger partial charge in [0.15, 0.2) is 0 Å². The van der Waals surface area contributed by atoms with Gasteiger partial charge in [0.1, 0.15) is 6.10 Å². The van der Waals surface area contributed by atoms with Crippen molar-refractivity contribution in [2.24, 2.45) is 0 Å². The highest BCUT2D eigenvalue weighted by molar-refractivity contribution is 6.18. The highest BCUT2D eigenvalue weighted by atomic mass is 35.5. The molecule has 1 saturated carbocycles. The van der Waals surface area contributed by atoms with E-state index in [1.807, 2.05) is 0 Å². The molecule has 0 unspecified atom stereocenters. The fraction of sp³-hybridized carbons (Fsp3) is 0.615. The van der Waals surface area contributed by atoms with Crippen LogP contribution in [0, 0.1) is 0 Å². The van der Waals surface area contributed by atoms with E-state index < -0.39 is 0 Å². The lowest BCUT2D eigenvalue weighted by Gasteiger charge is -2.29. The minimum absolute atomic E-state index is 0.0355. The summed E-state index contributed by atoms with van der Waals surface area (Å²) in [5, 5.41) is 3.00. The van der Waals surface area contributed by atoms with Gasteiger partial charge in [0.25, 0.3) is 0 Å². The van der Waals surface area contributed by atoms with Crippen LogP contribution in [-0.4, -0.2) is 33.9 Å². The van der Waals surface area contributed by atoms with E-state index in [1.54, 1.807) is 18.6 Å². The topological polar surface area (TPSA) is 64.1 Å². The van der Waals surface area contributed by atoms with Crippen molar-refractivity contribution >= 4 is 17.5 Å². The first kappa shape index (κ1) is 14.1. The molecule has 19 heavy (non-hydrogen) atoms. The summed E-state index contributed by atoms with van der Waals surface area (Å²) in [6.45, 7) is 0. The van der Waals surface area contributed by atoms with Crippen molar-refractivity contribution in [1.29, 1.82) is 0 Å². The second-order valence-corrected chi connectivity index (χ2v) is 5.02. The Hall–Kier alpha value is -1.36. The Morgan fingerprint density at radius 2 is 2.16 bits per heavy atom. The summed E-state index contributed by atoms with van der Waals surface area (Å²) in [5.41, 5.74) is 0. The highest BCUT2D eigenvalue weighted by Gasteiger charge is 2.23. The van der Waals surface area contributed by atoms with Crippen molar-refractivity contribution in [3.63, 3.8) is 0 Å². The molecule has 0 radical (unpaired) electrons. The molecule has 1 N–H and O–H groups in total. The summed E-state index contributed by atoms with van der Waals surface area (Å²) in [6.07, 6.45) is 9.11. The predicted octanol–water partition coefficient (Wildman–Crippen LogP) is 1.91. The van der Waals surface area contributed by atoms with Crippen LogP contribution in [0.4, 0.5) is 0 Å². The molecule has 0 aliphatic heterocycles. The lowest BCUT2D eigenvalue weighted by atomic mass is 9.93. The first-order valence-corrected chi connectivity index (χ1v) is 7.09. The van der Waals surface area contributed by atoms with E-state index in [0.29, 0.717) is 18.2 Å². The molecule has 1 amide bonds. The Labute approximate surface area is 117 Å². The zero-order valence-electron chi connectivity index (χ0n) is 10.7. The molecule has 2 rings (SSSR count). The molecule has 0 saturated heterocycles. The third-order valence-electron chi connectivity index (χ3n) is 3.19. The monoisotopic (exact) mass is 283 g/mol. The van der Waals surface area contributed by atoms with Gasteiger partial charge in [-0.2, -0.15) is 0 Å². The van der Waals surface area contributed by atoms with Crippen molar-refractivity contribution in [3.8, 4) is 5.88 Å². The first-order chi connectivity index (χ1) is 9.28. The second-order valence-electron chi connectivity index (χ2n) is 4.64. The molecule has 6 heteroatoms. The van der Waals surface area contributed by atoms with Gasteiger partial charge in [-0.1, -0.05) is 0 Å². The van der Waals surface area contributed by atoms with Gasteiger partial charge < -0.3 is 10.1 Å². The number of nitrogens with zero attached hydrogens (tertiary/aromatic N) is 2.